The van der Waals surface area contributed by atoms with Crippen molar-refractivity contribution in [3.8, 4) is 0 Å². The van der Waals surface area contributed by atoms with E-state index in [-0.39, 0.29) is 0 Å². The monoisotopic (exact) mass is 276 g/mol. The number of hydrogen-bond donors (Lipinski definition) is 0. The molecule has 2 rings (SSSR count). The molecule has 3 heteroatoms. The number of benzene rings is 2. The van der Waals surface area contributed by atoms with Gasteiger partial charge in [0.15, 0.2) is 0 Å². The summed E-state index contributed by atoms with van der Waals surface area (Å²) in [7, 11) is -2.53. The van der Waals surface area contributed by atoms with Crippen molar-refractivity contribution in [1.82, 2.24) is 0 Å². The minimum atomic E-state index is -2.02. The van der Waals surface area contributed by atoms with E-state index in [1.807, 2.05) is 25.5 Å². The van der Waals surface area contributed by atoms with Gasteiger partial charge in [-0.15, -0.1) is 0 Å². The smallest absolute Gasteiger partial charge is 0.0866 e. The van der Waals surface area contributed by atoms with E-state index in [1.54, 1.807) is 0 Å². The van der Waals surface area contributed by atoms with Gasteiger partial charge < -0.3 is 4.57 Å². The average Bonchev–Trinajstić information content (AvgIpc) is 2.37. The molecule has 0 fully saturated rings. The van der Waals surface area contributed by atoms with Crippen molar-refractivity contribution in [1.29, 1.82) is 0 Å². The third kappa shape index (κ3) is 3.80. The van der Waals surface area contributed by atoms with Crippen molar-refractivity contribution in [3.63, 3.8) is 0 Å². The van der Waals surface area contributed by atoms with Crippen molar-refractivity contribution in [3.05, 3.63) is 60.7 Å². The lowest BCUT2D eigenvalue weighted by Gasteiger charge is -2.20. The summed E-state index contributed by atoms with van der Waals surface area (Å²) in [5.41, 5.74) is 0. The maximum absolute atomic E-state index is 12.2. The Hall–Kier alpha value is -0.900. The number of hydrogen-bond acceptors (Lipinski definition) is 1. The summed E-state index contributed by atoms with van der Waals surface area (Å²) in [4.78, 5) is 0. The highest BCUT2D eigenvalue weighted by atomic mass is 31.2. The summed E-state index contributed by atoms with van der Waals surface area (Å²) >= 11 is 0. The number of rotatable bonds is 4. The predicted octanol–water partition coefficient (Wildman–Crippen LogP) is 3.70. The molecule has 0 amide bonds. The highest BCUT2D eigenvalue weighted by Gasteiger charge is 2.19. The Morgan fingerprint density at radius 3 is 1.56 bits per heavy atom. The van der Waals surface area contributed by atoms with Crippen LogP contribution in [-0.4, -0.2) is 19.2 Å². The first-order valence-electron chi connectivity index (χ1n) is 5.98. The van der Waals surface area contributed by atoms with E-state index >= 15 is 0 Å². The van der Waals surface area contributed by atoms with Crippen molar-refractivity contribution in [2.24, 2.45) is 0 Å². The van der Waals surface area contributed by atoms with Crippen LogP contribution >= 0.6 is 15.1 Å². The van der Waals surface area contributed by atoms with Crippen molar-refractivity contribution < 1.29 is 4.57 Å². The zero-order valence-electron chi connectivity index (χ0n) is 10.8. The zero-order valence-corrected chi connectivity index (χ0v) is 12.6. The minimum absolute atomic E-state index is 0.502. The molecule has 0 aliphatic carbocycles. The molecule has 0 bridgehead atoms. The summed E-state index contributed by atoms with van der Waals surface area (Å²) in [5.74, 6) is 0.788. The van der Waals surface area contributed by atoms with Crippen molar-refractivity contribution in [2.75, 3.05) is 19.2 Å². The Morgan fingerprint density at radius 1 is 0.833 bits per heavy atom. The summed E-state index contributed by atoms with van der Waals surface area (Å²) in [5, 5.41) is 2.62. The van der Waals surface area contributed by atoms with Gasteiger partial charge in [-0.25, -0.2) is 0 Å². The Bertz CT molecular complexity index is 491. The van der Waals surface area contributed by atoms with E-state index in [0.29, 0.717) is 0 Å². The van der Waals surface area contributed by atoms with Crippen LogP contribution in [0, 0.1) is 0 Å². The van der Waals surface area contributed by atoms with Crippen LogP contribution in [0.3, 0.4) is 0 Å². The van der Waals surface area contributed by atoms with E-state index in [9.17, 15) is 4.57 Å². The first kappa shape index (κ1) is 13.5. The van der Waals surface area contributed by atoms with Gasteiger partial charge in [-0.2, -0.15) is 0 Å². The van der Waals surface area contributed by atoms with E-state index in [1.165, 1.54) is 10.6 Å². The molecule has 0 unspecified atom stereocenters. The van der Waals surface area contributed by atoms with Gasteiger partial charge in [0.2, 0.25) is 0 Å². The van der Waals surface area contributed by atoms with E-state index in [2.05, 4.69) is 48.5 Å². The summed E-state index contributed by atoms with van der Waals surface area (Å²) in [6, 6.07) is 20.9. The molecule has 0 aromatic heterocycles. The van der Waals surface area contributed by atoms with Crippen molar-refractivity contribution >= 4 is 25.7 Å². The molecule has 0 N–H and O–H groups in total. The second kappa shape index (κ2) is 5.83. The molecule has 2 aromatic rings. The largest absolute Gasteiger partial charge is 0.324 e. The maximum atomic E-state index is 12.2. The van der Waals surface area contributed by atoms with Crippen LogP contribution < -0.4 is 10.6 Å². The summed E-state index contributed by atoms with van der Waals surface area (Å²) < 4.78 is 12.2. The fraction of sp³-hybridized carbons (Fsp3) is 0.200. The molecule has 94 valence electrons. The normalized spacial score (nSPS) is 11.7. The SMILES string of the molecule is CP(C)(=O)CP(c1ccccc1)c1ccccc1. The Labute approximate surface area is 110 Å². The quantitative estimate of drug-likeness (QED) is 0.778. The Balaban J connectivity index is 2.39. The lowest BCUT2D eigenvalue weighted by Crippen LogP contribution is -2.13. The van der Waals surface area contributed by atoms with E-state index in [4.69, 9.17) is 0 Å². The van der Waals surface area contributed by atoms with Crippen LogP contribution in [0.1, 0.15) is 0 Å². The molecule has 0 radical (unpaired) electrons. The van der Waals surface area contributed by atoms with Gasteiger partial charge in [-0.1, -0.05) is 60.7 Å². The highest BCUT2D eigenvalue weighted by molar-refractivity contribution is 7.84. The Kier molecular flexibility index (Phi) is 4.38. The summed E-state index contributed by atoms with van der Waals surface area (Å²) in [6.07, 6.45) is 0. The van der Waals surface area contributed by atoms with Crippen LogP contribution in [0.25, 0.3) is 0 Å². The molecule has 0 saturated carbocycles. The lowest BCUT2D eigenvalue weighted by atomic mass is 10.4. The molecule has 2 aromatic carbocycles. The first-order valence-corrected chi connectivity index (χ1v) is 10.3. The van der Waals surface area contributed by atoms with Gasteiger partial charge in [0, 0.05) is 5.90 Å². The zero-order chi connectivity index (χ0) is 13.0. The van der Waals surface area contributed by atoms with E-state index < -0.39 is 15.1 Å². The van der Waals surface area contributed by atoms with Crippen LogP contribution in [0.2, 0.25) is 0 Å². The molecular formula is C15H18OP2. The molecule has 0 heterocycles. The van der Waals surface area contributed by atoms with Crippen molar-refractivity contribution in [2.45, 2.75) is 0 Å². The standard InChI is InChI=1S/C15H18OP2/c1-18(2,16)13-17(14-9-5-3-6-10-14)15-11-7-4-8-12-15/h3-12H,13H2,1-2H3. The molecule has 0 aliphatic heterocycles. The Morgan fingerprint density at radius 2 is 1.22 bits per heavy atom. The maximum Gasteiger partial charge on any atom is 0.0866 e. The summed E-state index contributed by atoms with van der Waals surface area (Å²) in [6.45, 7) is 3.77. The van der Waals surface area contributed by atoms with Gasteiger partial charge in [-0.3, -0.25) is 0 Å². The second-order valence-corrected chi connectivity index (χ2v) is 11.0. The van der Waals surface area contributed by atoms with Gasteiger partial charge >= 0.3 is 0 Å². The van der Waals surface area contributed by atoms with Gasteiger partial charge in [-0.05, 0) is 31.9 Å². The molecule has 0 saturated heterocycles. The van der Waals surface area contributed by atoms with Gasteiger partial charge in [0.25, 0.3) is 0 Å². The molecule has 18 heavy (non-hydrogen) atoms. The fourth-order valence-corrected chi connectivity index (χ4v) is 7.26. The molecular weight excluding hydrogens is 258 g/mol. The van der Waals surface area contributed by atoms with Crippen LogP contribution in [-0.2, 0) is 4.57 Å². The van der Waals surface area contributed by atoms with Gasteiger partial charge in [0.05, 0.1) is 7.14 Å². The minimum Gasteiger partial charge on any atom is -0.324 e. The third-order valence-corrected chi connectivity index (χ3v) is 8.32. The predicted molar refractivity (Wildman–Crippen MR) is 83.4 cm³/mol. The molecule has 0 atom stereocenters. The topological polar surface area (TPSA) is 17.1 Å². The van der Waals surface area contributed by atoms with Crippen LogP contribution in [0.5, 0.6) is 0 Å². The molecule has 0 aliphatic rings. The van der Waals surface area contributed by atoms with Crippen LogP contribution in [0.4, 0.5) is 0 Å². The average molecular weight is 276 g/mol. The molecule has 0 spiro atoms. The lowest BCUT2D eigenvalue weighted by molar-refractivity contribution is 0.585. The third-order valence-electron chi connectivity index (χ3n) is 2.62. The van der Waals surface area contributed by atoms with Crippen LogP contribution in [0.15, 0.2) is 60.7 Å². The highest BCUT2D eigenvalue weighted by Crippen LogP contribution is 2.50. The first-order chi connectivity index (χ1) is 8.56. The van der Waals surface area contributed by atoms with Gasteiger partial charge in [0.1, 0.15) is 0 Å². The fourth-order valence-electron chi connectivity index (χ4n) is 1.87. The second-order valence-electron chi connectivity index (χ2n) is 4.81. The van der Waals surface area contributed by atoms with E-state index in [0.717, 1.165) is 5.90 Å². The molecule has 1 nitrogen and oxygen atoms in total.